The number of carboxylic acid groups (broad SMARTS) is 2. The van der Waals surface area contributed by atoms with Crippen LogP contribution in [0.1, 0.15) is 0 Å². The summed E-state index contributed by atoms with van der Waals surface area (Å²) in [4.78, 5) is 20.5. The molecular formula is C16H32CdO18. The molecule has 0 aliphatic rings. The third-order valence-electron chi connectivity index (χ3n) is 4.42. The van der Waals surface area contributed by atoms with Gasteiger partial charge in [-0.1, -0.05) is 0 Å². The summed E-state index contributed by atoms with van der Waals surface area (Å²) < 4.78 is 0. The molecule has 0 heterocycles. The van der Waals surface area contributed by atoms with Crippen molar-refractivity contribution in [3.8, 4) is 0 Å². The number of aliphatic carboxylic acids is 2. The summed E-state index contributed by atoms with van der Waals surface area (Å²) >= 11 is 0. The summed E-state index contributed by atoms with van der Waals surface area (Å²) in [7, 11) is 0. The molecule has 0 aliphatic heterocycles. The number of aliphatic hydroxyl groups is 14. The number of aliphatic hydroxyl groups excluding tert-OH is 14. The van der Waals surface area contributed by atoms with Crippen molar-refractivity contribution in [1.29, 1.82) is 0 Å². The van der Waals surface area contributed by atoms with Gasteiger partial charge in [0.1, 0.15) is 61.0 Å². The quantitative estimate of drug-likeness (QED) is 0.0797. The van der Waals surface area contributed by atoms with Gasteiger partial charge >= 0.3 is 11.9 Å². The molecule has 0 unspecified atom stereocenters. The first-order valence-corrected chi connectivity index (χ1v) is 9.31. The van der Waals surface area contributed by atoms with E-state index in [1.54, 1.807) is 0 Å². The fourth-order valence-corrected chi connectivity index (χ4v) is 2.14. The maximum atomic E-state index is 10.3. The van der Waals surface area contributed by atoms with Gasteiger partial charge in [-0.05, 0) is 0 Å². The Hall–Kier alpha value is -0.698. The molecule has 0 saturated carbocycles. The zero-order valence-corrected chi connectivity index (χ0v) is 22.1. The van der Waals surface area contributed by atoms with E-state index in [2.05, 4.69) is 0 Å². The Labute approximate surface area is 217 Å². The summed E-state index contributed by atoms with van der Waals surface area (Å²) in [6, 6.07) is 0. The van der Waals surface area contributed by atoms with E-state index in [4.69, 9.17) is 61.3 Å². The summed E-state index contributed by atoms with van der Waals surface area (Å²) in [6.07, 6.45) is -25.5. The van der Waals surface area contributed by atoms with Crippen LogP contribution in [0.3, 0.4) is 0 Å². The van der Waals surface area contributed by atoms with Crippen molar-refractivity contribution < 1.29 is 119 Å². The minimum absolute atomic E-state index is 0. The second-order valence-corrected chi connectivity index (χ2v) is 6.99. The van der Waals surface area contributed by atoms with Crippen LogP contribution >= 0.6 is 0 Å². The van der Waals surface area contributed by atoms with Crippen molar-refractivity contribution in [2.45, 2.75) is 73.2 Å². The normalized spacial score (nSPS) is 21.7. The fourth-order valence-electron chi connectivity index (χ4n) is 2.14. The van der Waals surface area contributed by atoms with Crippen LogP contribution in [-0.2, 0) is 36.9 Å². The smallest absolute Gasteiger partial charge is 0.335 e. The molecule has 0 bridgehead atoms. The van der Waals surface area contributed by atoms with Crippen LogP contribution in [0.2, 0.25) is 0 Å². The minimum Gasteiger partial charge on any atom is -0.479 e. The second kappa shape index (κ2) is 18.5. The molecule has 0 fully saturated rings. The molecule has 0 rings (SSSR count). The van der Waals surface area contributed by atoms with Crippen LogP contribution in [0.5, 0.6) is 0 Å². The topological polar surface area (TPSA) is 358 Å². The van der Waals surface area contributed by atoms with E-state index in [0.717, 1.165) is 0 Å². The molecule has 206 valence electrons. The first-order valence-electron chi connectivity index (χ1n) is 9.31. The molecule has 16 N–H and O–H groups in total. The number of carbonyl (C=O) groups is 2. The van der Waals surface area contributed by atoms with E-state index in [1.165, 1.54) is 0 Å². The van der Waals surface area contributed by atoms with Gasteiger partial charge in [0.25, 0.3) is 0 Å². The van der Waals surface area contributed by atoms with Crippen molar-refractivity contribution in [1.82, 2.24) is 0 Å². The number of hydrogen-bond donors (Lipinski definition) is 16. The predicted octanol–water partition coefficient (Wildman–Crippen LogP) is -9.55. The molecule has 0 aromatic heterocycles. The van der Waals surface area contributed by atoms with Gasteiger partial charge in [0.15, 0.2) is 12.2 Å². The van der Waals surface area contributed by atoms with E-state index in [1.807, 2.05) is 0 Å². The van der Waals surface area contributed by atoms with Gasteiger partial charge in [0, 0.05) is 27.3 Å². The molecule has 35 heavy (non-hydrogen) atoms. The maximum Gasteiger partial charge on any atom is 0.335 e. The van der Waals surface area contributed by atoms with Crippen molar-refractivity contribution in [2.24, 2.45) is 0 Å². The molecular weight excluding hydrogens is 593 g/mol. The van der Waals surface area contributed by atoms with Gasteiger partial charge in [-0.2, -0.15) is 0 Å². The molecule has 12 atom stereocenters. The number of hydrogen-bond acceptors (Lipinski definition) is 16. The average molecular weight is 625 g/mol. The third-order valence-corrected chi connectivity index (χ3v) is 4.42. The van der Waals surface area contributed by atoms with E-state index in [0.29, 0.717) is 0 Å². The molecule has 0 radical (unpaired) electrons. The standard InChI is InChI=1S/2C8H16O9.Cd/c2*9-1-2(10)3(11)4(12)5(13)6(14)7(15)8(16)17;/h2*2-7,9-15H,1H2,(H,16,17);/t2*2-,3-,4+,5+,6-,7-;/m11./s1. The first kappa shape index (κ1) is 38.8. The van der Waals surface area contributed by atoms with Crippen LogP contribution in [0.25, 0.3) is 0 Å². The molecule has 18 nitrogen and oxygen atoms in total. The Morgan fingerprint density at radius 2 is 0.629 bits per heavy atom. The largest absolute Gasteiger partial charge is 0.479 e. The van der Waals surface area contributed by atoms with Crippen molar-refractivity contribution >= 4 is 11.9 Å². The fraction of sp³-hybridized carbons (Fsp3) is 0.875. The van der Waals surface area contributed by atoms with Crippen LogP contribution < -0.4 is 0 Å². The monoisotopic (exact) mass is 626 g/mol. The van der Waals surface area contributed by atoms with E-state index in [9.17, 15) is 30.0 Å². The molecule has 19 heteroatoms. The minimum atomic E-state index is -2.36. The van der Waals surface area contributed by atoms with E-state index in [-0.39, 0.29) is 27.3 Å². The first-order chi connectivity index (χ1) is 15.5. The number of rotatable bonds is 14. The van der Waals surface area contributed by atoms with Crippen molar-refractivity contribution in [3.05, 3.63) is 0 Å². The zero-order chi connectivity index (χ0) is 27.5. The summed E-state index contributed by atoms with van der Waals surface area (Å²) in [5, 5.41) is 143. The Morgan fingerprint density at radius 1 is 0.429 bits per heavy atom. The SMILES string of the molecule is O=C(O)[C@H](O)[C@H](O)[C@@H](O)[C@@H](O)[C@H](O)[C@H](O)CO.O=C(O)[C@H](O)[C@H](O)[C@@H](O)[C@@H](O)[C@H](O)[C@H](O)CO.[Cd]. The Kier molecular flexibility index (Phi) is 20.6. The van der Waals surface area contributed by atoms with Gasteiger partial charge < -0.3 is 81.7 Å². The third kappa shape index (κ3) is 12.4. The molecule has 0 aliphatic carbocycles. The molecule has 0 aromatic carbocycles. The van der Waals surface area contributed by atoms with Gasteiger partial charge in [-0.25, -0.2) is 9.59 Å². The van der Waals surface area contributed by atoms with Crippen molar-refractivity contribution in [2.75, 3.05) is 13.2 Å². The summed E-state index contributed by atoms with van der Waals surface area (Å²) in [5.41, 5.74) is 0. The zero-order valence-electron chi connectivity index (χ0n) is 18.0. The predicted molar refractivity (Wildman–Crippen MR) is 102 cm³/mol. The van der Waals surface area contributed by atoms with Gasteiger partial charge in [-0.15, -0.1) is 0 Å². The van der Waals surface area contributed by atoms with Gasteiger partial charge in [0.2, 0.25) is 0 Å². The molecule has 0 saturated heterocycles. The molecule has 0 spiro atoms. The Balaban J connectivity index is -0.000000569. The average Bonchev–Trinajstić information content (AvgIpc) is 2.82. The van der Waals surface area contributed by atoms with Crippen LogP contribution in [-0.4, -0.2) is 180 Å². The van der Waals surface area contributed by atoms with E-state index >= 15 is 0 Å². The maximum absolute atomic E-state index is 10.3. The summed E-state index contributed by atoms with van der Waals surface area (Å²) in [5.74, 6) is -3.66. The second-order valence-electron chi connectivity index (χ2n) is 6.99. The molecule has 0 amide bonds. The van der Waals surface area contributed by atoms with Crippen LogP contribution in [0, 0.1) is 0 Å². The van der Waals surface area contributed by atoms with Gasteiger partial charge in [0.05, 0.1) is 13.2 Å². The molecule has 0 aromatic rings. The van der Waals surface area contributed by atoms with Crippen LogP contribution in [0.15, 0.2) is 0 Å². The Bertz CT molecular complexity index is 547. The van der Waals surface area contributed by atoms with Gasteiger partial charge in [-0.3, -0.25) is 0 Å². The summed E-state index contributed by atoms with van der Waals surface area (Å²) in [6.45, 7) is -1.83. The Morgan fingerprint density at radius 3 is 0.800 bits per heavy atom. The van der Waals surface area contributed by atoms with E-state index < -0.39 is 98.4 Å². The van der Waals surface area contributed by atoms with Crippen molar-refractivity contribution in [3.63, 3.8) is 0 Å². The van der Waals surface area contributed by atoms with Crippen LogP contribution in [0.4, 0.5) is 0 Å². The number of carboxylic acids is 2.